The molecule has 1 aromatic carbocycles. The number of nitrogens with one attached hydrogen (secondary N) is 1. The number of rotatable bonds is 3. The van der Waals surface area contributed by atoms with Gasteiger partial charge in [-0.2, -0.15) is 10.5 Å². The van der Waals surface area contributed by atoms with Crippen molar-refractivity contribution in [1.29, 1.82) is 10.5 Å². The Morgan fingerprint density at radius 1 is 1.30 bits per heavy atom. The largest absolute Gasteiger partial charge is 0.360 e. The van der Waals surface area contributed by atoms with Crippen LogP contribution in [0.15, 0.2) is 36.0 Å². The predicted octanol–water partition coefficient (Wildman–Crippen LogP) is 1.96. The van der Waals surface area contributed by atoms with Crippen molar-refractivity contribution in [2.75, 3.05) is 16.8 Å². The highest BCUT2D eigenvalue weighted by molar-refractivity contribution is 6.21. The monoisotopic (exact) mass is 307 g/mol. The summed E-state index contributed by atoms with van der Waals surface area (Å²) in [7, 11) is 0. The number of hydrogen-bond donors (Lipinski definition) is 1. The highest BCUT2D eigenvalue weighted by atomic mass is 16.2. The van der Waals surface area contributed by atoms with E-state index in [9.17, 15) is 9.59 Å². The van der Waals surface area contributed by atoms with Crippen LogP contribution >= 0.6 is 0 Å². The molecule has 2 aliphatic rings. The molecule has 3 amide bonds. The van der Waals surface area contributed by atoms with Gasteiger partial charge in [0, 0.05) is 18.4 Å². The molecule has 1 atom stereocenters. The van der Waals surface area contributed by atoms with Crippen LogP contribution < -0.4 is 10.2 Å². The molecule has 0 radical (unpaired) electrons. The summed E-state index contributed by atoms with van der Waals surface area (Å²) in [6.45, 7) is 0.611. The molecule has 3 rings (SSSR count). The second-order valence-electron chi connectivity index (χ2n) is 5.28. The number of allylic oxidation sites excluding steroid dienone is 1. The summed E-state index contributed by atoms with van der Waals surface area (Å²) >= 11 is 0. The van der Waals surface area contributed by atoms with Crippen LogP contribution in [0.1, 0.15) is 12.8 Å². The fourth-order valence-corrected chi connectivity index (χ4v) is 2.84. The predicted molar refractivity (Wildman–Crippen MR) is 82.0 cm³/mol. The Labute approximate surface area is 133 Å². The number of nitrogens with zero attached hydrogens (tertiary/aromatic N) is 4. The Morgan fingerprint density at radius 2 is 2.09 bits per heavy atom. The first-order valence-electron chi connectivity index (χ1n) is 7.17. The second kappa shape index (κ2) is 5.82. The van der Waals surface area contributed by atoms with Gasteiger partial charge in [-0.15, -0.1) is 0 Å². The molecule has 1 N–H and O–H groups in total. The van der Waals surface area contributed by atoms with E-state index < -0.39 is 0 Å². The highest BCUT2D eigenvalue weighted by Crippen LogP contribution is 2.32. The second-order valence-corrected chi connectivity index (χ2v) is 5.28. The van der Waals surface area contributed by atoms with Crippen molar-refractivity contribution in [3.8, 4) is 12.1 Å². The standard InChI is InChI=1S/C16H13N5O2/c17-8-11(9-18)10-19-12-3-1-4-13(7-12)21-15(22)14-5-2-6-20(14)16(21)23/h1,3-4,7,10,14,19H,2,5-6H2. The molecule has 23 heavy (non-hydrogen) atoms. The zero-order chi connectivity index (χ0) is 16.4. The lowest BCUT2D eigenvalue weighted by Gasteiger charge is -2.16. The van der Waals surface area contributed by atoms with Crippen LogP contribution in [0.4, 0.5) is 16.2 Å². The summed E-state index contributed by atoms with van der Waals surface area (Å²) in [4.78, 5) is 27.6. The van der Waals surface area contributed by atoms with E-state index in [4.69, 9.17) is 10.5 Å². The Bertz CT molecular complexity index is 748. The smallest absolute Gasteiger partial charge is 0.332 e. The maximum Gasteiger partial charge on any atom is 0.332 e. The van der Waals surface area contributed by atoms with Crippen LogP contribution in [0.5, 0.6) is 0 Å². The third kappa shape index (κ3) is 2.49. The number of carbonyl (C=O) groups is 2. The van der Waals surface area contributed by atoms with E-state index in [0.29, 0.717) is 24.3 Å². The normalized spacial score (nSPS) is 19.1. The van der Waals surface area contributed by atoms with Crippen LogP contribution in [-0.4, -0.2) is 29.4 Å². The minimum absolute atomic E-state index is 0.0654. The van der Waals surface area contributed by atoms with E-state index >= 15 is 0 Å². The molecule has 114 valence electrons. The molecular formula is C16H13N5O2. The van der Waals surface area contributed by atoms with Gasteiger partial charge in [0.25, 0.3) is 5.91 Å². The van der Waals surface area contributed by atoms with E-state index in [1.807, 2.05) is 0 Å². The van der Waals surface area contributed by atoms with Crippen molar-refractivity contribution in [2.45, 2.75) is 18.9 Å². The first-order valence-corrected chi connectivity index (χ1v) is 7.17. The van der Waals surface area contributed by atoms with Crippen molar-refractivity contribution in [2.24, 2.45) is 0 Å². The topological polar surface area (TPSA) is 100 Å². The van der Waals surface area contributed by atoms with Gasteiger partial charge >= 0.3 is 6.03 Å². The molecule has 7 nitrogen and oxygen atoms in total. The number of urea groups is 1. The quantitative estimate of drug-likeness (QED) is 0.679. The zero-order valence-corrected chi connectivity index (χ0v) is 12.2. The average molecular weight is 307 g/mol. The molecule has 0 aromatic heterocycles. The van der Waals surface area contributed by atoms with E-state index in [0.717, 1.165) is 6.42 Å². The van der Waals surface area contributed by atoms with Gasteiger partial charge in [-0.05, 0) is 31.0 Å². The number of benzene rings is 1. The number of fused-ring (bicyclic) bond motifs is 1. The fourth-order valence-electron chi connectivity index (χ4n) is 2.84. The summed E-state index contributed by atoms with van der Waals surface area (Å²) in [6.07, 6.45) is 2.84. The maximum atomic E-state index is 12.4. The van der Waals surface area contributed by atoms with Gasteiger partial charge in [-0.1, -0.05) is 6.07 Å². The summed E-state index contributed by atoms with van der Waals surface area (Å²) < 4.78 is 0. The molecule has 0 spiro atoms. The summed E-state index contributed by atoms with van der Waals surface area (Å²) in [5.74, 6) is -0.199. The van der Waals surface area contributed by atoms with Gasteiger partial charge < -0.3 is 10.2 Å². The molecule has 7 heteroatoms. The average Bonchev–Trinajstić information content (AvgIpc) is 3.13. The zero-order valence-electron chi connectivity index (χ0n) is 12.2. The van der Waals surface area contributed by atoms with Crippen molar-refractivity contribution in [3.05, 3.63) is 36.0 Å². The maximum absolute atomic E-state index is 12.4. The van der Waals surface area contributed by atoms with E-state index in [1.54, 1.807) is 41.3 Å². The molecule has 0 saturated carbocycles. The summed E-state index contributed by atoms with van der Waals surface area (Å²) in [5, 5.41) is 20.2. The van der Waals surface area contributed by atoms with Crippen molar-refractivity contribution in [1.82, 2.24) is 4.90 Å². The molecule has 2 heterocycles. The van der Waals surface area contributed by atoms with Gasteiger partial charge in [0.15, 0.2) is 0 Å². The van der Waals surface area contributed by atoms with E-state index in [1.165, 1.54) is 11.1 Å². The van der Waals surface area contributed by atoms with Crippen LogP contribution in [-0.2, 0) is 4.79 Å². The van der Waals surface area contributed by atoms with E-state index in [2.05, 4.69) is 5.32 Å². The SMILES string of the molecule is N#CC(C#N)=CNc1cccc(N2C(=O)C3CCCN3C2=O)c1. The number of nitriles is 2. The van der Waals surface area contributed by atoms with Crippen molar-refractivity contribution in [3.63, 3.8) is 0 Å². The Morgan fingerprint density at radius 3 is 2.78 bits per heavy atom. The molecule has 0 aliphatic carbocycles. The first kappa shape index (κ1) is 14.6. The van der Waals surface area contributed by atoms with Crippen LogP contribution in [0.3, 0.4) is 0 Å². The van der Waals surface area contributed by atoms with Crippen molar-refractivity contribution < 1.29 is 9.59 Å². The lowest BCUT2D eigenvalue weighted by Crippen LogP contribution is -2.33. The minimum atomic E-state index is -0.345. The van der Waals surface area contributed by atoms with Gasteiger partial charge in [0.05, 0.1) is 5.69 Å². The van der Waals surface area contributed by atoms with Gasteiger partial charge in [0.1, 0.15) is 23.8 Å². The summed E-state index contributed by atoms with van der Waals surface area (Å²) in [6, 6.07) is 9.60. The number of anilines is 2. The lowest BCUT2D eigenvalue weighted by atomic mass is 10.2. The van der Waals surface area contributed by atoms with Gasteiger partial charge in [-0.25, -0.2) is 9.69 Å². The van der Waals surface area contributed by atoms with Crippen LogP contribution in [0, 0.1) is 22.7 Å². The molecule has 0 bridgehead atoms. The van der Waals surface area contributed by atoms with Gasteiger partial charge in [0.2, 0.25) is 0 Å². The Balaban J connectivity index is 1.85. The first-order chi connectivity index (χ1) is 11.2. The minimum Gasteiger partial charge on any atom is -0.360 e. The molecule has 1 unspecified atom stereocenters. The summed E-state index contributed by atoms with van der Waals surface area (Å²) in [5.41, 5.74) is 0.991. The molecule has 2 aliphatic heterocycles. The van der Waals surface area contributed by atoms with Gasteiger partial charge in [-0.3, -0.25) is 4.79 Å². The number of hydrogen-bond acceptors (Lipinski definition) is 5. The molecule has 2 saturated heterocycles. The van der Waals surface area contributed by atoms with Crippen LogP contribution in [0.2, 0.25) is 0 Å². The fraction of sp³-hybridized carbons (Fsp3) is 0.250. The Kier molecular flexibility index (Phi) is 3.70. The molecular weight excluding hydrogens is 294 g/mol. The third-order valence-corrected chi connectivity index (χ3v) is 3.92. The number of imide groups is 1. The number of carbonyl (C=O) groups excluding carboxylic acids is 2. The van der Waals surface area contributed by atoms with Crippen molar-refractivity contribution >= 4 is 23.3 Å². The Hall–Kier alpha value is -3.32. The third-order valence-electron chi connectivity index (χ3n) is 3.92. The molecule has 2 fully saturated rings. The van der Waals surface area contributed by atoms with E-state index in [-0.39, 0.29) is 23.6 Å². The van der Waals surface area contributed by atoms with Crippen LogP contribution in [0.25, 0.3) is 0 Å². The highest BCUT2D eigenvalue weighted by Gasteiger charge is 2.47. The molecule has 1 aromatic rings. The lowest BCUT2D eigenvalue weighted by molar-refractivity contribution is -0.119. The number of amides is 3.